The van der Waals surface area contributed by atoms with E-state index in [1.54, 1.807) is 0 Å². The molecule has 1 atom stereocenters. The predicted molar refractivity (Wildman–Crippen MR) is 109 cm³/mol. The molecule has 1 unspecified atom stereocenters. The molecule has 2 aromatic carbocycles. The third-order valence-corrected chi connectivity index (χ3v) is 6.13. The van der Waals surface area contributed by atoms with Gasteiger partial charge >= 0.3 is 0 Å². The number of amides is 1. The van der Waals surface area contributed by atoms with Crippen LogP contribution in [0, 0.1) is 6.92 Å². The number of benzene rings is 2. The number of rotatable bonds is 4. The molecule has 0 saturated heterocycles. The fourth-order valence-corrected chi connectivity index (χ4v) is 4.35. The van der Waals surface area contributed by atoms with Crippen LogP contribution in [0.3, 0.4) is 0 Å². The van der Waals surface area contributed by atoms with Gasteiger partial charge in [-0.1, -0.05) is 54.2 Å². The van der Waals surface area contributed by atoms with Crippen LogP contribution < -0.4 is 4.90 Å². The maximum atomic E-state index is 13.0. The van der Waals surface area contributed by atoms with Crippen molar-refractivity contribution in [2.45, 2.75) is 30.7 Å². The van der Waals surface area contributed by atoms with Gasteiger partial charge in [0.2, 0.25) is 5.91 Å². The van der Waals surface area contributed by atoms with Crippen molar-refractivity contribution in [3.63, 3.8) is 0 Å². The number of hydrogen-bond donors (Lipinski definition) is 0. The van der Waals surface area contributed by atoms with E-state index in [2.05, 4.69) is 29.3 Å². The number of para-hydroxylation sites is 1. The number of carbonyl (C=O) groups is 1. The monoisotopic (exact) mass is 378 g/mol. The Morgan fingerprint density at radius 3 is 2.67 bits per heavy atom. The van der Waals surface area contributed by atoms with Crippen molar-refractivity contribution < 1.29 is 4.79 Å². The standard InChI is InChI=1S/C21H22N4OS/c1-14-8-4-6-10-17(14)19-22-23-21(24(19)3)27-15(2)20(26)25-13-12-16-9-5-7-11-18(16)25/h4-11,15H,12-13H2,1-3H3. The third kappa shape index (κ3) is 3.25. The SMILES string of the molecule is Cc1ccccc1-c1nnc(SC(C)C(=O)N2CCc3ccccc32)n1C. The van der Waals surface area contributed by atoms with Crippen LogP contribution in [0.15, 0.2) is 53.7 Å². The van der Waals surface area contributed by atoms with Gasteiger partial charge in [0.05, 0.1) is 5.25 Å². The van der Waals surface area contributed by atoms with E-state index < -0.39 is 0 Å². The molecule has 4 rings (SSSR count). The largest absolute Gasteiger partial charge is 0.311 e. The van der Waals surface area contributed by atoms with Crippen LogP contribution in [0.4, 0.5) is 5.69 Å². The second kappa shape index (κ2) is 7.19. The summed E-state index contributed by atoms with van der Waals surface area (Å²) >= 11 is 1.46. The number of carbonyl (C=O) groups excluding carboxylic acids is 1. The molecule has 2 heterocycles. The van der Waals surface area contributed by atoms with E-state index >= 15 is 0 Å². The van der Waals surface area contributed by atoms with Crippen molar-refractivity contribution in [1.29, 1.82) is 0 Å². The Labute approximate surface area is 163 Å². The van der Waals surface area contributed by atoms with Gasteiger partial charge in [-0.25, -0.2) is 0 Å². The minimum atomic E-state index is -0.233. The third-order valence-electron chi connectivity index (χ3n) is 5.00. The van der Waals surface area contributed by atoms with Gasteiger partial charge in [-0.2, -0.15) is 0 Å². The van der Waals surface area contributed by atoms with Crippen molar-refractivity contribution >= 4 is 23.4 Å². The number of nitrogens with zero attached hydrogens (tertiary/aromatic N) is 4. The van der Waals surface area contributed by atoms with Gasteiger partial charge in [0.25, 0.3) is 0 Å². The van der Waals surface area contributed by atoms with Gasteiger partial charge in [0.1, 0.15) is 0 Å². The summed E-state index contributed by atoms with van der Waals surface area (Å²) in [5.74, 6) is 0.937. The van der Waals surface area contributed by atoms with Crippen LogP contribution in [-0.2, 0) is 18.3 Å². The van der Waals surface area contributed by atoms with E-state index in [-0.39, 0.29) is 11.2 Å². The number of aryl methyl sites for hydroxylation is 1. The van der Waals surface area contributed by atoms with Crippen molar-refractivity contribution in [2.24, 2.45) is 7.05 Å². The van der Waals surface area contributed by atoms with E-state index in [0.717, 1.165) is 40.8 Å². The zero-order valence-corrected chi connectivity index (χ0v) is 16.5. The molecule has 5 nitrogen and oxygen atoms in total. The Bertz CT molecular complexity index is 997. The molecule has 0 fully saturated rings. The molecule has 1 aromatic heterocycles. The van der Waals surface area contributed by atoms with Gasteiger partial charge in [-0.15, -0.1) is 10.2 Å². The minimum Gasteiger partial charge on any atom is -0.311 e. The lowest BCUT2D eigenvalue weighted by atomic mass is 10.1. The molecule has 138 valence electrons. The van der Waals surface area contributed by atoms with Gasteiger partial charge < -0.3 is 9.47 Å². The van der Waals surface area contributed by atoms with Gasteiger partial charge in [-0.05, 0) is 37.5 Å². The molecule has 0 radical (unpaired) electrons. The summed E-state index contributed by atoms with van der Waals surface area (Å²) in [4.78, 5) is 14.9. The van der Waals surface area contributed by atoms with Gasteiger partial charge in [0.15, 0.2) is 11.0 Å². The number of aromatic nitrogens is 3. The molecule has 0 N–H and O–H groups in total. The molecular weight excluding hydrogens is 356 g/mol. The lowest BCUT2D eigenvalue weighted by Gasteiger charge is -2.21. The summed E-state index contributed by atoms with van der Waals surface area (Å²) < 4.78 is 1.97. The normalized spacial score (nSPS) is 14.3. The van der Waals surface area contributed by atoms with E-state index in [9.17, 15) is 4.79 Å². The summed E-state index contributed by atoms with van der Waals surface area (Å²) in [7, 11) is 1.95. The van der Waals surface area contributed by atoms with Crippen LogP contribution in [0.2, 0.25) is 0 Å². The minimum absolute atomic E-state index is 0.116. The first kappa shape index (κ1) is 17.8. The second-order valence-corrected chi connectivity index (χ2v) is 8.12. The molecule has 0 spiro atoms. The quantitative estimate of drug-likeness (QED) is 0.647. The fraction of sp³-hybridized carbons (Fsp3) is 0.286. The van der Waals surface area contributed by atoms with Crippen LogP contribution >= 0.6 is 11.8 Å². The molecular formula is C21H22N4OS. The average molecular weight is 379 g/mol. The van der Waals surface area contributed by atoms with E-state index in [4.69, 9.17) is 0 Å². The molecule has 0 aliphatic carbocycles. The first-order valence-electron chi connectivity index (χ1n) is 9.07. The van der Waals surface area contributed by atoms with Crippen LogP contribution in [-0.4, -0.2) is 32.5 Å². The Kier molecular flexibility index (Phi) is 4.74. The summed E-state index contributed by atoms with van der Waals surface area (Å²) in [5.41, 5.74) is 4.49. The predicted octanol–water partition coefficient (Wildman–Crippen LogP) is 3.86. The maximum Gasteiger partial charge on any atom is 0.240 e. The smallest absolute Gasteiger partial charge is 0.240 e. The molecule has 3 aromatic rings. The van der Waals surface area contributed by atoms with E-state index in [1.165, 1.54) is 17.3 Å². The molecule has 27 heavy (non-hydrogen) atoms. The van der Waals surface area contributed by atoms with Gasteiger partial charge in [0, 0.05) is 24.8 Å². The van der Waals surface area contributed by atoms with Crippen molar-refractivity contribution in [2.75, 3.05) is 11.4 Å². The molecule has 0 bridgehead atoms. The molecule has 1 aliphatic heterocycles. The Morgan fingerprint density at radius 2 is 1.85 bits per heavy atom. The first-order valence-corrected chi connectivity index (χ1v) is 9.95. The van der Waals surface area contributed by atoms with Crippen molar-refractivity contribution in [3.8, 4) is 11.4 Å². The highest BCUT2D eigenvalue weighted by Crippen LogP contribution is 2.32. The fourth-order valence-electron chi connectivity index (χ4n) is 3.47. The average Bonchev–Trinajstić information content (AvgIpc) is 3.26. The second-order valence-electron chi connectivity index (χ2n) is 6.81. The first-order chi connectivity index (χ1) is 13.1. The highest BCUT2D eigenvalue weighted by Gasteiger charge is 2.29. The van der Waals surface area contributed by atoms with Crippen LogP contribution in [0.5, 0.6) is 0 Å². The molecule has 1 amide bonds. The number of thioether (sulfide) groups is 1. The molecule has 6 heteroatoms. The topological polar surface area (TPSA) is 51.0 Å². The van der Waals surface area contributed by atoms with E-state index in [0.29, 0.717) is 0 Å². The number of hydrogen-bond acceptors (Lipinski definition) is 4. The zero-order valence-electron chi connectivity index (χ0n) is 15.7. The lowest BCUT2D eigenvalue weighted by molar-refractivity contribution is -0.117. The van der Waals surface area contributed by atoms with Crippen molar-refractivity contribution in [1.82, 2.24) is 14.8 Å². The van der Waals surface area contributed by atoms with Gasteiger partial charge in [-0.3, -0.25) is 4.79 Å². The van der Waals surface area contributed by atoms with E-state index in [1.807, 2.05) is 59.8 Å². The summed E-state index contributed by atoms with van der Waals surface area (Å²) in [6.07, 6.45) is 0.917. The maximum absolute atomic E-state index is 13.0. The number of fused-ring (bicyclic) bond motifs is 1. The van der Waals surface area contributed by atoms with Crippen LogP contribution in [0.1, 0.15) is 18.1 Å². The highest BCUT2D eigenvalue weighted by atomic mass is 32.2. The Morgan fingerprint density at radius 1 is 1.11 bits per heavy atom. The summed E-state index contributed by atoms with van der Waals surface area (Å²) in [6, 6.07) is 16.3. The lowest BCUT2D eigenvalue weighted by Crippen LogP contribution is -2.35. The Balaban J connectivity index is 1.53. The summed E-state index contributed by atoms with van der Waals surface area (Å²) in [5, 5.41) is 9.21. The summed E-state index contributed by atoms with van der Waals surface area (Å²) in [6.45, 7) is 4.75. The zero-order chi connectivity index (χ0) is 19.0. The highest BCUT2D eigenvalue weighted by molar-refractivity contribution is 8.00. The molecule has 1 aliphatic rings. The van der Waals surface area contributed by atoms with Crippen molar-refractivity contribution in [3.05, 3.63) is 59.7 Å². The molecule has 0 saturated carbocycles. The van der Waals surface area contributed by atoms with Crippen LogP contribution in [0.25, 0.3) is 11.4 Å². The number of anilines is 1. The Hall–Kier alpha value is -2.60.